The van der Waals surface area contributed by atoms with Crippen molar-refractivity contribution in [3.8, 4) is 6.07 Å². The van der Waals surface area contributed by atoms with E-state index in [1.165, 1.54) is 0 Å². The smallest absolute Gasteiger partial charge is 0.303 e. The first-order valence-electron chi connectivity index (χ1n) is 12.1. The van der Waals surface area contributed by atoms with E-state index in [0.29, 0.717) is 0 Å². The molecule has 0 aliphatic carbocycles. The van der Waals surface area contributed by atoms with Crippen LogP contribution >= 0.6 is 8.53 Å². The van der Waals surface area contributed by atoms with Crippen LogP contribution in [0.2, 0.25) is 0 Å². The summed E-state index contributed by atoms with van der Waals surface area (Å²) in [5.41, 5.74) is 0. The van der Waals surface area contributed by atoms with Crippen molar-refractivity contribution < 1.29 is 52.8 Å². The third-order valence-corrected chi connectivity index (χ3v) is 5.84. The molecular weight excluding hydrogens is 539 g/mol. The van der Waals surface area contributed by atoms with E-state index >= 15 is 0 Å². The predicted molar refractivity (Wildman–Crippen MR) is 136 cm³/mol. The fraction of sp³-hybridized carbons (Fsp3) is 0.739. The van der Waals surface area contributed by atoms with E-state index in [1.807, 2.05) is 6.07 Å². The van der Waals surface area contributed by atoms with Crippen LogP contribution in [0.4, 0.5) is 0 Å². The number of ether oxygens (including phenoxy) is 2. The molecule has 0 fully saturated rings. The SMILES string of the molecule is CC(=O)N[C@@H](C(=O)C(C)=O)[C@@H](OC(C)=O)[C@@H](OC(C)=O)[C@H](O)CON(N(C(C)C)C(C)C)P(O)OCCC#N. The lowest BCUT2D eigenvalue weighted by Gasteiger charge is -2.41. The molecule has 222 valence electrons. The first-order chi connectivity index (χ1) is 18.0. The van der Waals surface area contributed by atoms with Gasteiger partial charge in [-0.25, -0.2) is 5.01 Å². The molecule has 15 nitrogen and oxygen atoms in total. The van der Waals surface area contributed by atoms with Gasteiger partial charge < -0.3 is 29.3 Å². The average Bonchev–Trinajstić information content (AvgIpc) is 2.80. The predicted octanol–water partition coefficient (Wildman–Crippen LogP) is 0.290. The maximum atomic E-state index is 12.6. The second-order valence-electron chi connectivity index (χ2n) is 8.92. The van der Waals surface area contributed by atoms with Gasteiger partial charge in [-0.2, -0.15) is 5.26 Å². The first kappa shape index (κ1) is 36.4. The van der Waals surface area contributed by atoms with Crippen molar-refractivity contribution in [3.63, 3.8) is 0 Å². The quantitative estimate of drug-likeness (QED) is 0.0657. The Morgan fingerprint density at radius 2 is 1.46 bits per heavy atom. The first-order valence-corrected chi connectivity index (χ1v) is 13.3. The summed E-state index contributed by atoms with van der Waals surface area (Å²) in [4.78, 5) is 77.5. The summed E-state index contributed by atoms with van der Waals surface area (Å²) in [5.74, 6) is -4.84. The van der Waals surface area contributed by atoms with Gasteiger partial charge in [0.15, 0.2) is 18.0 Å². The zero-order valence-electron chi connectivity index (χ0n) is 23.4. The molecule has 39 heavy (non-hydrogen) atoms. The van der Waals surface area contributed by atoms with E-state index < -0.39 is 68.9 Å². The highest BCUT2D eigenvalue weighted by atomic mass is 31.2. The monoisotopic (exact) mass is 578 g/mol. The normalized spacial score (nSPS) is 15.3. The minimum Gasteiger partial charge on any atom is -0.456 e. The van der Waals surface area contributed by atoms with Crippen LogP contribution in [-0.4, -0.2) is 99.0 Å². The Hall–Kier alpha value is -2.57. The molecule has 0 rings (SSSR count). The van der Waals surface area contributed by atoms with Gasteiger partial charge in [-0.1, -0.05) is 0 Å². The van der Waals surface area contributed by atoms with Crippen molar-refractivity contribution in [2.24, 2.45) is 0 Å². The number of carbonyl (C=O) groups excluding carboxylic acids is 5. The number of esters is 2. The number of nitrogens with one attached hydrogen (secondary N) is 1. The Kier molecular flexibility index (Phi) is 16.7. The molecule has 0 aliphatic heterocycles. The molecule has 16 heteroatoms. The summed E-state index contributed by atoms with van der Waals surface area (Å²) in [7, 11) is -2.47. The molecular formula is C23H39N4O11P. The Labute approximate surface area is 229 Å². The van der Waals surface area contributed by atoms with Crippen LogP contribution in [0.1, 0.15) is 61.8 Å². The Morgan fingerprint density at radius 1 is 0.949 bits per heavy atom. The highest BCUT2D eigenvalue weighted by Gasteiger charge is 2.45. The van der Waals surface area contributed by atoms with Crippen molar-refractivity contribution >= 4 is 37.9 Å². The maximum Gasteiger partial charge on any atom is 0.303 e. The zero-order chi connectivity index (χ0) is 30.4. The Balaban J connectivity index is 6.36. The van der Waals surface area contributed by atoms with E-state index in [4.69, 9.17) is 24.1 Å². The van der Waals surface area contributed by atoms with Crippen molar-refractivity contribution in [3.05, 3.63) is 0 Å². The number of ketones is 2. The fourth-order valence-electron chi connectivity index (χ4n) is 3.46. The summed E-state index contributed by atoms with van der Waals surface area (Å²) in [6.07, 6.45) is -5.45. The van der Waals surface area contributed by atoms with Gasteiger partial charge in [0, 0.05) is 39.8 Å². The summed E-state index contributed by atoms with van der Waals surface area (Å²) >= 11 is 0. The largest absolute Gasteiger partial charge is 0.456 e. The number of hydrogen-bond acceptors (Lipinski definition) is 14. The van der Waals surface area contributed by atoms with E-state index in [9.17, 15) is 34.0 Å². The maximum absolute atomic E-state index is 12.6. The van der Waals surface area contributed by atoms with Crippen molar-refractivity contribution in [2.45, 2.75) is 98.2 Å². The number of aliphatic hydroxyl groups excluding tert-OH is 1. The third-order valence-electron chi connectivity index (χ3n) is 4.81. The summed E-state index contributed by atoms with van der Waals surface area (Å²) in [6, 6.07) is -0.404. The van der Waals surface area contributed by atoms with Gasteiger partial charge in [-0.3, -0.25) is 28.8 Å². The molecule has 3 N–H and O–H groups in total. The van der Waals surface area contributed by atoms with Gasteiger partial charge in [0.25, 0.3) is 8.53 Å². The van der Waals surface area contributed by atoms with Gasteiger partial charge in [-0.15, -0.1) is 0 Å². The average molecular weight is 579 g/mol. The molecule has 0 saturated carbocycles. The molecule has 0 saturated heterocycles. The van der Waals surface area contributed by atoms with Crippen LogP contribution in [0.5, 0.6) is 0 Å². The molecule has 0 aliphatic rings. The number of amides is 1. The van der Waals surface area contributed by atoms with Gasteiger partial charge in [0.1, 0.15) is 18.8 Å². The van der Waals surface area contributed by atoms with Crippen LogP contribution in [0.15, 0.2) is 0 Å². The van der Waals surface area contributed by atoms with Crippen LogP contribution < -0.4 is 5.32 Å². The van der Waals surface area contributed by atoms with E-state index in [1.54, 1.807) is 32.7 Å². The molecule has 1 unspecified atom stereocenters. The standard InChI is InChI=1S/C23H39N4O11P/c1-13(2)26(14(3)4)27(39(34)36-11-9-10-24)35-12-19(32)22(37-17(7)30)23(38-18(8)31)20(25-16(6)29)21(33)15(5)28/h13-14,19-20,22-23,32,34H,9,11-12H2,1-8H3,(H,25,29)/t19-,20+,22+,23-,39?/m1/s1. The molecule has 1 amide bonds. The Morgan fingerprint density at radius 3 is 1.87 bits per heavy atom. The minimum atomic E-state index is -2.47. The molecule has 5 atom stereocenters. The number of aliphatic hydroxyl groups is 1. The summed E-state index contributed by atoms with van der Waals surface area (Å²) < 4.78 is 15.7. The molecule has 0 bridgehead atoms. The molecule has 0 heterocycles. The molecule has 0 spiro atoms. The van der Waals surface area contributed by atoms with Crippen LogP contribution in [0.3, 0.4) is 0 Å². The van der Waals surface area contributed by atoms with Gasteiger partial charge >= 0.3 is 11.9 Å². The lowest BCUT2D eigenvalue weighted by Crippen LogP contribution is -2.60. The van der Waals surface area contributed by atoms with E-state index in [-0.39, 0.29) is 25.1 Å². The fourth-order valence-corrected chi connectivity index (χ4v) is 4.57. The zero-order valence-corrected chi connectivity index (χ0v) is 24.3. The number of rotatable bonds is 18. The van der Waals surface area contributed by atoms with Gasteiger partial charge in [0.05, 0.1) is 19.1 Å². The van der Waals surface area contributed by atoms with Crippen LogP contribution in [0.25, 0.3) is 0 Å². The van der Waals surface area contributed by atoms with E-state index in [2.05, 4.69) is 5.32 Å². The molecule has 0 aromatic carbocycles. The lowest BCUT2D eigenvalue weighted by molar-refractivity contribution is -0.264. The van der Waals surface area contributed by atoms with Crippen molar-refractivity contribution in [1.29, 1.82) is 5.26 Å². The Bertz CT molecular complexity index is 888. The third kappa shape index (κ3) is 12.9. The van der Waals surface area contributed by atoms with Crippen LogP contribution in [0, 0.1) is 11.3 Å². The number of nitrogens with zero attached hydrogens (tertiary/aromatic N) is 3. The topological polar surface area (TPSA) is 205 Å². The number of nitriles is 1. The van der Waals surface area contributed by atoms with Gasteiger partial charge in [0.2, 0.25) is 11.7 Å². The van der Waals surface area contributed by atoms with Crippen LogP contribution in [-0.2, 0) is 42.8 Å². The van der Waals surface area contributed by atoms with Crippen molar-refractivity contribution in [1.82, 2.24) is 15.3 Å². The minimum absolute atomic E-state index is 0.00742. The number of hydrazine groups is 1. The van der Waals surface area contributed by atoms with Gasteiger partial charge in [-0.05, 0) is 32.6 Å². The molecule has 0 aromatic rings. The summed E-state index contributed by atoms with van der Waals surface area (Å²) in [6.45, 7) is 10.3. The number of carbonyl (C=O) groups is 5. The molecule has 0 aromatic heterocycles. The van der Waals surface area contributed by atoms with Crippen molar-refractivity contribution in [2.75, 3.05) is 13.2 Å². The lowest BCUT2D eigenvalue weighted by atomic mass is 9.95. The number of Topliss-reactive ketones (excluding diaryl/α,β-unsaturated/α-hetero) is 2. The summed E-state index contributed by atoms with van der Waals surface area (Å²) in [5, 5.41) is 23.6. The number of hydrogen-bond donors (Lipinski definition) is 3. The second kappa shape index (κ2) is 17.9. The highest BCUT2D eigenvalue weighted by molar-refractivity contribution is 7.43. The highest BCUT2D eigenvalue weighted by Crippen LogP contribution is 2.40. The second-order valence-corrected chi connectivity index (χ2v) is 10.0. The van der Waals surface area contributed by atoms with E-state index in [0.717, 1.165) is 32.6 Å². The molecule has 0 radical (unpaired) electrons.